The van der Waals surface area contributed by atoms with Crippen LogP contribution in [0.5, 0.6) is 0 Å². The number of amides is 2. The van der Waals surface area contributed by atoms with Crippen molar-refractivity contribution in [2.24, 2.45) is 0 Å². The molecule has 1 aromatic carbocycles. The van der Waals surface area contributed by atoms with Crippen molar-refractivity contribution in [3.05, 3.63) is 29.0 Å². The molecule has 3 N–H and O–H groups in total. The number of hydrogen-bond acceptors (Lipinski definition) is 2. The summed E-state index contributed by atoms with van der Waals surface area (Å²) in [7, 11) is 0. The van der Waals surface area contributed by atoms with E-state index in [1.54, 1.807) is 0 Å². The van der Waals surface area contributed by atoms with Gasteiger partial charge in [-0.05, 0) is 31.0 Å². The molecule has 6 heteroatoms. The van der Waals surface area contributed by atoms with E-state index in [0.29, 0.717) is 12.8 Å². The molecule has 1 aliphatic rings. The van der Waals surface area contributed by atoms with Crippen LogP contribution in [-0.4, -0.2) is 23.3 Å². The molecule has 1 aromatic rings. The van der Waals surface area contributed by atoms with Gasteiger partial charge in [0.1, 0.15) is 5.82 Å². The SMILES string of the molecule is O=C(NCC1(O)CCCCCC1)Nc1ccc(Cl)cc1F. The van der Waals surface area contributed by atoms with Gasteiger partial charge in [-0.15, -0.1) is 0 Å². The number of halogens is 2. The summed E-state index contributed by atoms with van der Waals surface area (Å²) in [5.74, 6) is -0.592. The Morgan fingerprint density at radius 3 is 2.57 bits per heavy atom. The zero-order valence-electron chi connectivity index (χ0n) is 11.8. The third kappa shape index (κ3) is 4.86. The smallest absolute Gasteiger partial charge is 0.319 e. The van der Waals surface area contributed by atoms with Crippen molar-refractivity contribution >= 4 is 23.3 Å². The monoisotopic (exact) mass is 314 g/mol. The van der Waals surface area contributed by atoms with Gasteiger partial charge in [0.05, 0.1) is 11.3 Å². The topological polar surface area (TPSA) is 61.4 Å². The standard InChI is InChI=1S/C15H20ClFN2O2/c16-11-5-6-13(12(17)9-11)19-14(20)18-10-15(21)7-3-1-2-4-8-15/h5-6,9,21H,1-4,7-8,10H2,(H2,18,19,20). The van der Waals surface area contributed by atoms with E-state index in [9.17, 15) is 14.3 Å². The summed E-state index contributed by atoms with van der Waals surface area (Å²) >= 11 is 5.65. The molecule has 116 valence electrons. The van der Waals surface area contributed by atoms with Crippen molar-refractivity contribution in [1.29, 1.82) is 0 Å². The Hall–Kier alpha value is -1.33. The third-order valence-electron chi connectivity index (χ3n) is 3.79. The molecule has 0 spiro atoms. The molecular weight excluding hydrogens is 295 g/mol. The minimum Gasteiger partial charge on any atom is -0.388 e. The molecule has 1 aliphatic carbocycles. The first-order chi connectivity index (χ1) is 9.98. The fourth-order valence-electron chi connectivity index (χ4n) is 2.57. The highest BCUT2D eigenvalue weighted by atomic mass is 35.5. The van der Waals surface area contributed by atoms with Crippen LogP contribution in [0, 0.1) is 5.82 Å². The van der Waals surface area contributed by atoms with E-state index in [2.05, 4.69) is 10.6 Å². The van der Waals surface area contributed by atoms with Gasteiger partial charge in [0.2, 0.25) is 0 Å². The third-order valence-corrected chi connectivity index (χ3v) is 4.03. The Kier molecular flexibility index (Phi) is 5.42. The second-order valence-corrected chi connectivity index (χ2v) is 6.01. The highest BCUT2D eigenvalue weighted by Crippen LogP contribution is 2.26. The molecule has 0 atom stereocenters. The van der Waals surface area contributed by atoms with Crippen molar-refractivity contribution in [3.8, 4) is 0 Å². The molecule has 0 unspecified atom stereocenters. The predicted octanol–water partition coefficient (Wildman–Crippen LogP) is 3.69. The van der Waals surface area contributed by atoms with Crippen LogP contribution >= 0.6 is 11.6 Å². The maximum Gasteiger partial charge on any atom is 0.319 e. The van der Waals surface area contributed by atoms with Gasteiger partial charge in [0.25, 0.3) is 0 Å². The lowest BCUT2D eigenvalue weighted by Crippen LogP contribution is -2.44. The van der Waals surface area contributed by atoms with E-state index in [4.69, 9.17) is 11.6 Å². The number of anilines is 1. The largest absolute Gasteiger partial charge is 0.388 e. The van der Waals surface area contributed by atoms with Crippen molar-refractivity contribution < 1.29 is 14.3 Å². The number of rotatable bonds is 3. The minimum absolute atomic E-state index is 0.0600. The Bertz CT molecular complexity index is 502. The van der Waals surface area contributed by atoms with Crippen molar-refractivity contribution in [2.75, 3.05) is 11.9 Å². The van der Waals surface area contributed by atoms with Crippen LogP contribution in [0.15, 0.2) is 18.2 Å². The molecule has 4 nitrogen and oxygen atoms in total. The number of benzene rings is 1. The fraction of sp³-hybridized carbons (Fsp3) is 0.533. The number of carbonyl (C=O) groups is 1. The van der Waals surface area contributed by atoms with Crippen LogP contribution in [0.3, 0.4) is 0 Å². The number of nitrogens with one attached hydrogen (secondary N) is 2. The molecule has 1 fully saturated rings. The molecule has 0 saturated heterocycles. The average Bonchev–Trinajstić information content (AvgIpc) is 2.65. The Morgan fingerprint density at radius 2 is 1.95 bits per heavy atom. The second-order valence-electron chi connectivity index (χ2n) is 5.57. The number of aliphatic hydroxyl groups is 1. The normalized spacial score (nSPS) is 17.9. The Morgan fingerprint density at radius 1 is 1.29 bits per heavy atom. The maximum atomic E-state index is 13.6. The number of carbonyl (C=O) groups excluding carboxylic acids is 1. The lowest BCUT2D eigenvalue weighted by Gasteiger charge is -2.26. The molecular formula is C15H20ClFN2O2. The van der Waals surface area contributed by atoms with E-state index in [0.717, 1.165) is 31.7 Å². The highest BCUT2D eigenvalue weighted by molar-refractivity contribution is 6.30. The van der Waals surface area contributed by atoms with Gasteiger partial charge in [-0.2, -0.15) is 0 Å². The van der Waals surface area contributed by atoms with Gasteiger partial charge in [0, 0.05) is 11.6 Å². The summed E-state index contributed by atoms with van der Waals surface area (Å²) < 4.78 is 13.6. The summed E-state index contributed by atoms with van der Waals surface area (Å²) in [5.41, 5.74) is -0.795. The van der Waals surface area contributed by atoms with E-state index in [1.165, 1.54) is 12.1 Å². The lowest BCUT2D eigenvalue weighted by molar-refractivity contribution is 0.0281. The van der Waals surface area contributed by atoms with Crippen LogP contribution in [0.2, 0.25) is 5.02 Å². The fourth-order valence-corrected chi connectivity index (χ4v) is 2.72. The molecule has 0 radical (unpaired) electrons. The molecule has 0 aliphatic heterocycles. The van der Waals surface area contributed by atoms with Gasteiger partial charge in [-0.25, -0.2) is 9.18 Å². The van der Waals surface area contributed by atoms with Crippen LogP contribution in [0.4, 0.5) is 14.9 Å². The summed E-state index contributed by atoms with van der Waals surface area (Å²) in [5, 5.41) is 15.7. The van der Waals surface area contributed by atoms with Gasteiger partial charge in [0.15, 0.2) is 0 Å². The quantitative estimate of drug-likeness (QED) is 0.745. The Balaban J connectivity index is 1.86. The van der Waals surface area contributed by atoms with Gasteiger partial charge in [-0.3, -0.25) is 0 Å². The summed E-state index contributed by atoms with van der Waals surface area (Å²) in [4.78, 5) is 11.8. The predicted molar refractivity (Wildman–Crippen MR) is 81.1 cm³/mol. The minimum atomic E-state index is -0.855. The second kappa shape index (κ2) is 7.09. The van der Waals surface area contributed by atoms with Crippen LogP contribution in [0.1, 0.15) is 38.5 Å². The maximum absolute atomic E-state index is 13.6. The van der Waals surface area contributed by atoms with Crippen molar-refractivity contribution in [1.82, 2.24) is 5.32 Å². The number of urea groups is 1. The lowest BCUT2D eigenvalue weighted by atomic mass is 9.95. The van der Waals surface area contributed by atoms with E-state index in [-0.39, 0.29) is 17.3 Å². The molecule has 21 heavy (non-hydrogen) atoms. The molecule has 0 aromatic heterocycles. The first kappa shape index (κ1) is 16.0. The first-order valence-corrected chi connectivity index (χ1v) is 7.59. The summed E-state index contributed by atoms with van der Waals surface area (Å²) in [6.07, 6.45) is 5.53. The van der Waals surface area contributed by atoms with E-state index in [1.807, 2.05) is 0 Å². The van der Waals surface area contributed by atoms with E-state index >= 15 is 0 Å². The number of hydrogen-bond donors (Lipinski definition) is 3. The van der Waals surface area contributed by atoms with Crippen LogP contribution in [-0.2, 0) is 0 Å². The Labute approximate surface area is 128 Å². The molecule has 0 bridgehead atoms. The first-order valence-electron chi connectivity index (χ1n) is 7.21. The molecule has 2 amide bonds. The average molecular weight is 315 g/mol. The zero-order chi connectivity index (χ0) is 15.3. The van der Waals surface area contributed by atoms with Gasteiger partial charge >= 0.3 is 6.03 Å². The van der Waals surface area contributed by atoms with Crippen molar-refractivity contribution in [2.45, 2.75) is 44.1 Å². The highest BCUT2D eigenvalue weighted by Gasteiger charge is 2.28. The van der Waals surface area contributed by atoms with Crippen LogP contribution in [0.25, 0.3) is 0 Å². The summed E-state index contributed by atoms with van der Waals surface area (Å²) in [6, 6.07) is 3.50. The molecule has 2 rings (SSSR count). The summed E-state index contributed by atoms with van der Waals surface area (Å²) in [6.45, 7) is 0.175. The molecule has 1 saturated carbocycles. The molecule has 0 heterocycles. The van der Waals surface area contributed by atoms with Crippen molar-refractivity contribution in [3.63, 3.8) is 0 Å². The zero-order valence-corrected chi connectivity index (χ0v) is 12.5. The van der Waals surface area contributed by atoms with E-state index < -0.39 is 17.4 Å². The van der Waals surface area contributed by atoms with Gasteiger partial charge in [-0.1, -0.05) is 37.3 Å². The van der Waals surface area contributed by atoms with Gasteiger partial charge < -0.3 is 15.7 Å². The van der Waals surface area contributed by atoms with Crippen LogP contribution < -0.4 is 10.6 Å².